The minimum Gasteiger partial charge on any atom is -0.444 e. The molecule has 0 aromatic carbocycles. The minimum atomic E-state index is -0.496. The van der Waals surface area contributed by atoms with Crippen molar-refractivity contribution in [1.82, 2.24) is 5.32 Å². The van der Waals surface area contributed by atoms with E-state index in [0.717, 1.165) is 19.3 Å². The second-order valence-electron chi connectivity index (χ2n) is 7.93. The van der Waals surface area contributed by atoms with Crippen molar-refractivity contribution >= 4 is 6.09 Å². The van der Waals surface area contributed by atoms with Gasteiger partial charge < -0.3 is 15.2 Å². The lowest BCUT2D eigenvalue weighted by Crippen LogP contribution is -2.42. The molecule has 0 aliphatic carbocycles. The summed E-state index contributed by atoms with van der Waals surface area (Å²) in [6.45, 7) is 14.7. The van der Waals surface area contributed by atoms with Gasteiger partial charge in [-0.3, -0.25) is 0 Å². The number of amides is 1. The quantitative estimate of drug-likeness (QED) is 0.782. The second-order valence-corrected chi connectivity index (χ2v) is 7.93. The highest BCUT2D eigenvalue weighted by molar-refractivity contribution is 5.67. The van der Waals surface area contributed by atoms with Crippen LogP contribution >= 0.6 is 0 Å². The Labute approximate surface area is 124 Å². The summed E-state index contributed by atoms with van der Waals surface area (Å²) in [5.41, 5.74) is -0.532. The molecule has 1 amide bonds. The Morgan fingerprint density at radius 3 is 2.00 bits per heavy atom. The monoisotopic (exact) mass is 287 g/mol. The van der Waals surface area contributed by atoms with E-state index in [1.54, 1.807) is 0 Å². The maximum Gasteiger partial charge on any atom is 0.407 e. The molecule has 0 aliphatic rings. The lowest BCUT2D eigenvalue weighted by molar-refractivity contribution is 0.0437. The first kappa shape index (κ1) is 19.2. The summed E-state index contributed by atoms with van der Waals surface area (Å²) in [5.74, 6) is 0. The predicted molar refractivity (Wildman–Crippen MR) is 82.7 cm³/mol. The lowest BCUT2D eigenvalue weighted by Gasteiger charge is -2.34. The maximum absolute atomic E-state index is 11.7. The molecule has 0 saturated carbocycles. The Morgan fingerprint density at radius 1 is 1.10 bits per heavy atom. The average Bonchev–Trinajstić information content (AvgIpc) is 2.27. The van der Waals surface area contributed by atoms with Crippen molar-refractivity contribution in [2.75, 3.05) is 13.2 Å². The van der Waals surface area contributed by atoms with Crippen LogP contribution in [-0.2, 0) is 4.74 Å². The van der Waals surface area contributed by atoms with Crippen LogP contribution in [0.15, 0.2) is 0 Å². The van der Waals surface area contributed by atoms with Crippen molar-refractivity contribution in [3.05, 3.63) is 0 Å². The van der Waals surface area contributed by atoms with Gasteiger partial charge in [0.05, 0.1) is 6.61 Å². The number of hydrogen-bond donors (Lipinski definition) is 2. The van der Waals surface area contributed by atoms with Gasteiger partial charge in [0.1, 0.15) is 5.60 Å². The van der Waals surface area contributed by atoms with Crippen molar-refractivity contribution in [3.8, 4) is 0 Å². The molecule has 120 valence electrons. The smallest absolute Gasteiger partial charge is 0.407 e. The Kier molecular flexibility index (Phi) is 7.02. The number of rotatable bonds is 6. The highest BCUT2D eigenvalue weighted by Gasteiger charge is 2.30. The van der Waals surface area contributed by atoms with Gasteiger partial charge in [-0.25, -0.2) is 4.79 Å². The zero-order valence-corrected chi connectivity index (χ0v) is 14.3. The van der Waals surface area contributed by atoms with Gasteiger partial charge >= 0.3 is 6.09 Å². The van der Waals surface area contributed by atoms with E-state index in [4.69, 9.17) is 4.74 Å². The van der Waals surface area contributed by atoms with Gasteiger partial charge in [0, 0.05) is 12.0 Å². The van der Waals surface area contributed by atoms with Crippen LogP contribution < -0.4 is 5.32 Å². The molecule has 0 rings (SSSR count). The Bertz CT molecular complexity index is 296. The first-order valence-corrected chi connectivity index (χ1v) is 7.51. The zero-order chi connectivity index (χ0) is 16.0. The first-order chi connectivity index (χ1) is 8.93. The molecule has 0 fully saturated rings. The molecule has 0 aromatic rings. The van der Waals surface area contributed by atoms with Gasteiger partial charge in [-0.1, -0.05) is 27.7 Å². The molecule has 1 unspecified atom stereocenters. The molecule has 0 aromatic heterocycles. The fraction of sp³-hybridized carbons (Fsp3) is 0.938. The van der Waals surface area contributed by atoms with Crippen LogP contribution in [0.2, 0.25) is 0 Å². The number of ether oxygens (including phenoxy) is 1. The summed E-state index contributed by atoms with van der Waals surface area (Å²) in [5, 5.41) is 12.5. The van der Waals surface area contributed by atoms with Crippen LogP contribution in [0.5, 0.6) is 0 Å². The molecule has 0 saturated heterocycles. The van der Waals surface area contributed by atoms with Crippen LogP contribution in [0, 0.1) is 10.8 Å². The van der Waals surface area contributed by atoms with E-state index in [0.29, 0.717) is 6.54 Å². The summed E-state index contributed by atoms with van der Waals surface area (Å²) in [7, 11) is 0. The lowest BCUT2D eigenvalue weighted by atomic mass is 9.76. The zero-order valence-electron chi connectivity index (χ0n) is 14.3. The molecular formula is C16H33NO3. The Morgan fingerprint density at radius 2 is 1.65 bits per heavy atom. The normalized spacial score (nSPS) is 15.6. The van der Waals surface area contributed by atoms with Crippen molar-refractivity contribution in [2.45, 2.75) is 73.3 Å². The number of carbonyl (C=O) groups is 1. The summed E-state index contributed by atoms with van der Waals surface area (Å²) in [6.07, 6.45) is 2.31. The van der Waals surface area contributed by atoms with Crippen molar-refractivity contribution in [2.24, 2.45) is 10.8 Å². The van der Waals surface area contributed by atoms with Gasteiger partial charge in [-0.2, -0.15) is 0 Å². The minimum absolute atomic E-state index is 0.0787. The van der Waals surface area contributed by atoms with Crippen LogP contribution in [0.3, 0.4) is 0 Å². The Balaban J connectivity index is 4.50. The molecule has 2 N–H and O–H groups in total. The van der Waals surface area contributed by atoms with Crippen molar-refractivity contribution in [3.63, 3.8) is 0 Å². The first-order valence-electron chi connectivity index (χ1n) is 7.51. The number of hydrogen-bond acceptors (Lipinski definition) is 3. The summed E-state index contributed by atoms with van der Waals surface area (Å²) >= 11 is 0. The summed E-state index contributed by atoms with van der Waals surface area (Å²) in [6, 6.07) is 0. The van der Waals surface area contributed by atoms with Gasteiger partial charge in [-0.15, -0.1) is 0 Å². The number of carbonyl (C=O) groups excluding carboxylic acids is 1. The molecule has 20 heavy (non-hydrogen) atoms. The number of aliphatic hydroxyl groups excluding tert-OH is 1. The van der Waals surface area contributed by atoms with E-state index in [-0.39, 0.29) is 17.4 Å². The van der Waals surface area contributed by atoms with E-state index in [2.05, 4.69) is 33.0 Å². The number of nitrogens with one attached hydrogen (secondary N) is 1. The summed E-state index contributed by atoms with van der Waals surface area (Å²) < 4.78 is 5.24. The average molecular weight is 287 g/mol. The molecule has 0 aliphatic heterocycles. The second kappa shape index (κ2) is 7.30. The highest BCUT2D eigenvalue weighted by atomic mass is 16.6. The van der Waals surface area contributed by atoms with Crippen LogP contribution in [-0.4, -0.2) is 30.0 Å². The third kappa shape index (κ3) is 8.41. The molecule has 0 bridgehead atoms. The topological polar surface area (TPSA) is 58.6 Å². The number of alkyl carbamates (subject to hydrolysis) is 1. The SMILES string of the molecule is CCC(CO)(CCC(C)(C)C)CNC(=O)OC(C)(C)C. The third-order valence-electron chi connectivity index (χ3n) is 3.50. The van der Waals surface area contributed by atoms with Crippen LogP contribution in [0.25, 0.3) is 0 Å². The Hall–Kier alpha value is -0.770. The van der Waals surface area contributed by atoms with E-state index < -0.39 is 11.7 Å². The van der Waals surface area contributed by atoms with Gasteiger partial charge in [0.2, 0.25) is 0 Å². The fourth-order valence-electron chi connectivity index (χ4n) is 1.85. The molecule has 1 atom stereocenters. The van der Waals surface area contributed by atoms with Gasteiger partial charge in [0.15, 0.2) is 0 Å². The van der Waals surface area contributed by atoms with Crippen LogP contribution in [0.4, 0.5) is 4.79 Å². The number of aliphatic hydroxyl groups is 1. The largest absolute Gasteiger partial charge is 0.444 e. The standard InChI is InChI=1S/C16H33NO3/c1-8-16(12-18,10-9-14(2,3)4)11-17-13(19)20-15(5,6)7/h18H,8-12H2,1-7H3,(H,17,19). The summed E-state index contributed by atoms with van der Waals surface area (Å²) in [4.78, 5) is 11.7. The van der Waals surface area contributed by atoms with E-state index in [1.807, 2.05) is 20.8 Å². The van der Waals surface area contributed by atoms with Crippen molar-refractivity contribution < 1.29 is 14.6 Å². The maximum atomic E-state index is 11.7. The predicted octanol–water partition coefficient (Wildman–Crippen LogP) is 3.73. The van der Waals surface area contributed by atoms with E-state index >= 15 is 0 Å². The molecule has 0 spiro atoms. The molecule has 0 heterocycles. The van der Waals surface area contributed by atoms with Crippen LogP contribution in [0.1, 0.15) is 67.7 Å². The van der Waals surface area contributed by atoms with Gasteiger partial charge in [-0.05, 0) is 45.4 Å². The molecule has 4 heteroatoms. The van der Waals surface area contributed by atoms with E-state index in [9.17, 15) is 9.90 Å². The van der Waals surface area contributed by atoms with Gasteiger partial charge in [0.25, 0.3) is 0 Å². The third-order valence-corrected chi connectivity index (χ3v) is 3.50. The molecular weight excluding hydrogens is 254 g/mol. The fourth-order valence-corrected chi connectivity index (χ4v) is 1.85. The molecule has 4 nitrogen and oxygen atoms in total. The van der Waals surface area contributed by atoms with E-state index in [1.165, 1.54) is 0 Å². The van der Waals surface area contributed by atoms with Crippen molar-refractivity contribution in [1.29, 1.82) is 0 Å². The highest BCUT2D eigenvalue weighted by Crippen LogP contribution is 2.33. The molecule has 0 radical (unpaired) electrons.